The molecule has 0 atom stereocenters. The molecule has 1 saturated heterocycles. The van der Waals surface area contributed by atoms with Gasteiger partial charge in [-0.15, -0.1) is 0 Å². The number of nitrogens with zero attached hydrogens (tertiary/aromatic N) is 1. The van der Waals surface area contributed by atoms with Crippen LogP contribution in [0.15, 0.2) is 18.5 Å². The second-order valence-electron chi connectivity index (χ2n) is 4.84. The molecule has 0 bridgehead atoms. The van der Waals surface area contributed by atoms with Gasteiger partial charge in [0.1, 0.15) is 0 Å². The standard InChI is InChI=1S/C11H18N2/c1-11(2)4-6-13(9-11)8-10-3-5-12-7-10/h3,5,7,12H,4,6,8-9H2,1-2H3. The van der Waals surface area contributed by atoms with E-state index in [9.17, 15) is 0 Å². The summed E-state index contributed by atoms with van der Waals surface area (Å²) in [7, 11) is 0. The van der Waals surface area contributed by atoms with Crippen LogP contribution < -0.4 is 0 Å². The maximum atomic E-state index is 3.10. The SMILES string of the molecule is CC1(C)CCN(Cc2cc[nH]c2)C1. The second-order valence-corrected chi connectivity index (χ2v) is 4.84. The lowest BCUT2D eigenvalue weighted by atomic mass is 9.93. The molecular weight excluding hydrogens is 160 g/mol. The Labute approximate surface area is 79.9 Å². The third-order valence-electron chi connectivity index (χ3n) is 2.82. The van der Waals surface area contributed by atoms with Crippen LogP contribution in [0.3, 0.4) is 0 Å². The fourth-order valence-corrected chi connectivity index (χ4v) is 2.07. The molecule has 0 unspecified atom stereocenters. The van der Waals surface area contributed by atoms with Crippen LogP contribution in [0.2, 0.25) is 0 Å². The van der Waals surface area contributed by atoms with Crippen LogP contribution in [0.4, 0.5) is 0 Å². The van der Waals surface area contributed by atoms with Crippen molar-refractivity contribution in [2.75, 3.05) is 13.1 Å². The third kappa shape index (κ3) is 2.13. The van der Waals surface area contributed by atoms with Crippen LogP contribution in [0, 0.1) is 5.41 Å². The van der Waals surface area contributed by atoms with Crippen molar-refractivity contribution in [3.05, 3.63) is 24.0 Å². The van der Waals surface area contributed by atoms with Gasteiger partial charge >= 0.3 is 0 Å². The van der Waals surface area contributed by atoms with Gasteiger partial charge in [0.15, 0.2) is 0 Å². The van der Waals surface area contributed by atoms with Crippen molar-refractivity contribution >= 4 is 0 Å². The Balaban J connectivity index is 1.91. The summed E-state index contributed by atoms with van der Waals surface area (Å²) < 4.78 is 0. The molecule has 1 aliphatic heterocycles. The Morgan fingerprint density at radius 2 is 2.38 bits per heavy atom. The number of aromatic amines is 1. The molecule has 0 amide bonds. The highest BCUT2D eigenvalue weighted by molar-refractivity contribution is 5.08. The Morgan fingerprint density at radius 1 is 1.54 bits per heavy atom. The monoisotopic (exact) mass is 178 g/mol. The van der Waals surface area contributed by atoms with Gasteiger partial charge in [0.2, 0.25) is 0 Å². The summed E-state index contributed by atoms with van der Waals surface area (Å²) in [6.07, 6.45) is 5.42. The molecular formula is C11H18N2. The van der Waals surface area contributed by atoms with E-state index in [2.05, 4.69) is 36.0 Å². The van der Waals surface area contributed by atoms with Crippen molar-refractivity contribution in [3.63, 3.8) is 0 Å². The maximum absolute atomic E-state index is 3.10. The second kappa shape index (κ2) is 3.18. The van der Waals surface area contributed by atoms with E-state index >= 15 is 0 Å². The number of likely N-dealkylation sites (tertiary alicyclic amines) is 1. The first-order chi connectivity index (χ1) is 6.16. The summed E-state index contributed by atoms with van der Waals surface area (Å²) in [5.41, 5.74) is 1.92. The molecule has 2 heterocycles. The lowest BCUT2D eigenvalue weighted by Crippen LogP contribution is -2.22. The van der Waals surface area contributed by atoms with Crippen LogP contribution in [0.5, 0.6) is 0 Å². The molecule has 2 rings (SSSR count). The van der Waals surface area contributed by atoms with Crippen LogP contribution >= 0.6 is 0 Å². The van der Waals surface area contributed by atoms with Gasteiger partial charge in [0.05, 0.1) is 0 Å². The van der Waals surface area contributed by atoms with Crippen LogP contribution in [-0.2, 0) is 6.54 Å². The van der Waals surface area contributed by atoms with E-state index in [-0.39, 0.29) is 0 Å². The van der Waals surface area contributed by atoms with Crippen LogP contribution in [0.25, 0.3) is 0 Å². The van der Waals surface area contributed by atoms with Crippen molar-refractivity contribution in [1.29, 1.82) is 0 Å². The van der Waals surface area contributed by atoms with Gasteiger partial charge in [0.25, 0.3) is 0 Å². The molecule has 2 heteroatoms. The highest BCUT2D eigenvalue weighted by Gasteiger charge is 2.28. The van der Waals surface area contributed by atoms with Gasteiger partial charge in [-0.05, 0) is 30.0 Å². The number of hydrogen-bond donors (Lipinski definition) is 1. The van der Waals surface area contributed by atoms with Crippen LogP contribution in [0.1, 0.15) is 25.8 Å². The summed E-state index contributed by atoms with van der Waals surface area (Å²) >= 11 is 0. The Morgan fingerprint density at radius 3 is 2.92 bits per heavy atom. The molecule has 0 radical (unpaired) electrons. The minimum absolute atomic E-state index is 0.524. The molecule has 2 nitrogen and oxygen atoms in total. The molecule has 1 aromatic heterocycles. The first-order valence-electron chi connectivity index (χ1n) is 5.00. The fraction of sp³-hybridized carbons (Fsp3) is 0.636. The average molecular weight is 178 g/mol. The fourth-order valence-electron chi connectivity index (χ4n) is 2.07. The lowest BCUT2D eigenvalue weighted by Gasteiger charge is -2.18. The largest absolute Gasteiger partial charge is 0.367 e. The van der Waals surface area contributed by atoms with Crippen molar-refractivity contribution in [2.45, 2.75) is 26.8 Å². The molecule has 1 fully saturated rings. The van der Waals surface area contributed by atoms with Gasteiger partial charge < -0.3 is 4.98 Å². The summed E-state index contributed by atoms with van der Waals surface area (Å²) in [5.74, 6) is 0. The quantitative estimate of drug-likeness (QED) is 0.736. The summed E-state index contributed by atoms with van der Waals surface area (Å²) in [4.78, 5) is 5.63. The van der Waals surface area contributed by atoms with E-state index in [1.807, 2.05) is 6.20 Å². The highest BCUT2D eigenvalue weighted by Crippen LogP contribution is 2.29. The van der Waals surface area contributed by atoms with E-state index in [1.54, 1.807) is 0 Å². The van der Waals surface area contributed by atoms with Gasteiger partial charge in [-0.2, -0.15) is 0 Å². The molecule has 1 aromatic rings. The number of hydrogen-bond acceptors (Lipinski definition) is 1. The van der Waals surface area contributed by atoms with E-state index in [1.165, 1.54) is 25.1 Å². The average Bonchev–Trinajstić information content (AvgIpc) is 2.61. The number of rotatable bonds is 2. The lowest BCUT2D eigenvalue weighted by molar-refractivity contribution is 0.284. The highest BCUT2D eigenvalue weighted by atomic mass is 15.1. The zero-order chi connectivity index (χ0) is 9.31. The zero-order valence-electron chi connectivity index (χ0n) is 8.51. The van der Waals surface area contributed by atoms with E-state index < -0.39 is 0 Å². The summed E-state index contributed by atoms with van der Waals surface area (Å²) in [5, 5.41) is 0. The van der Waals surface area contributed by atoms with Crippen molar-refractivity contribution in [2.24, 2.45) is 5.41 Å². The van der Waals surface area contributed by atoms with E-state index in [4.69, 9.17) is 0 Å². The zero-order valence-corrected chi connectivity index (χ0v) is 8.51. The van der Waals surface area contributed by atoms with Gasteiger partial charge in [-0.1, -0.05) is 13.8 Å². The maximum Gasteiger partial charge on any atom is 0.0248 e. The summed E-state index contributed by atoms with van der Waals surface area (Å²) in [6, 6.07) is 2.16. The molecule has 0 spiro atoms. The van der Waals surface area contributed by atoms with Crippen molar-refractivity contribution in [3.8, 4) is 0 Å². The predicted molar refractivity (Wildman–Crippen MR) is 54.5 cm³/mol. The minimum atomic E-state index is 0.524. The molecule has 0 saturated carbocycles. The van der Waals surface area contributed by atoms with Crippen LogP contribution in [-0.4, -0.2) is 23.0 Å². The predicted octanol–water partition coefficient (Wildman–Crippen LogP) is 2.25. The van der Waals surface area contributed by atoms with Gasteiger partial charge in [0, 0.05) is 25.5 Å². The van der Waals surface area contributed by atoms with Crippen molar-refractivity contribution in [1.82, 2.24) is 9.88 Å². The Kier molecular flexibility index (Phi) is 2.16. The minimum Gasteiger partial charge on any atom is -0.367 e. The Bertz CT molecular complexity index is 262. The van der Waals surface area contributed by atoms with Crippen molar-refractivity contribution < 1.29 is 0 Å². The van der Waals surface area contributed by atoms with Gasteiger partial charge in [-0.25, -0.2) is 0 Å². The number of aromatic nitrogens is 1. The molecule has 13 heavy (non-hydrogen) atoms. The molecule has 1 N–H and O–H groups in total. The smallest absolute Gasteiger partial charge is 0.0248 e. The molecule has 0 aromatic carbocycles. The first kappa shape index (κ1) is 8.82. The number of nitrogens with one attached hydrogen (secondary N) is 1. The normalized spacial score (nSPS) is 22.3. The van der Waals surface area contributed by atoms with E-state index in [0.717, 1.165) is 6.54 Å². The topological polar surface area (TPSA) is 19.0 Å². The van der Waals surface area contributed by atoms with Gasteiger partial charge in [-0.3, -0.25) is 4.90 Å². The molecule has 0 aliphatic carbocycles. The van der Waals surface area contributed by atoms with E-state index in [0.29, 0.717) is 5.41 Å². The first-order valence-corrected chi connectivity index (χ1v) is 5.00. The summed E-state index contributed by atoms with van der Waals surface area (Å²) in [6.45, 7) is 8.29. The molecule has 1 aliphatic rings. The third-order valence-corrected chi connectivity index (χ3v) is 2.82. The Hall–Kier alpha value is -0.760. The molecule has 72 valence electrons. The number of H-pyrrole nitrogens is 1.